The minimum absolute atomic E-state index is 0.0193. The number of esters is 2. The zero-order valence-electron chi connectivity index (χ0n) is 12.9. The van der Waals surface area contributed by atoms with Gasteiger partial charge in [-0.3, -0.25) is 0 Å². The number of ether oxygens (including phenoxy) is 2. The maximum atomic E-state index is 12.1. The molecular formula is C19H12ClNO4. The molecule has 1 heterocycles. The smallest absolute Gasteiger partial charge is 0.344 e. The SMILES string of the molecule is O=C(Oc1cc(OC(=O)c2ccccc2)c(Cl)cn1)c1ccccc1. The number of aromatic nitrogens is 1. The lowest BCUT2D eigenvalue weighted by molar-refractivity contribution is 0.0726. The molecule has 1 aromatic heterocycles. The third-order valence-electron chi connectivity index (χ3n) is 3.21. The van der Waals surface area contributed by atoms with Gasteiger partial charge >= 0.3 is 11.9 Å². The Morgan fingerprint density at radius 1 is 0.800 bits per heavy atom. The highest BCUT2D eigenvalue weighted by Crippen LogP contribution is 2.28. The van der Waals surface area contributed by atoms with Gasteiger partial charge in [0.05, 0.1) is 17.3 Å². The molecule has 5 nitrogen and oxygen atoms in total. The van der Waals surface area contributed by atoms with Gasteiger partial charge in [-0.15, -0.1) is 0 Å². The molecule has 124 valence electrons. The summed E-state index contributed by atoms with van der Waals surface area (Å²) in [5, 5.41) is 0.129. The Bertz CT molecular complexity index is 898. The van der Waals surface area contributed by atoms with Crippen molar-refractivity contribution in [2.24, 2.45) is 0 Å². The molecule has 0 saturated carbocycles. The molecule has 0 aliphatic heterocycles. The minimum atomic E-state index is -0.575. The number of benzene rings is 2. The summed E-state index contributed by atoms with van der Waals surface area (Å²) in [7, 11) is 0. The molecule has 0 bridgehead atoms. The average Bonchev–Trinajstić information content (AvgIpc) is 2.66. The van der Waals surface area contributed by atoms with E-state index in [0.717, 1.165) is 0 Å². The van der Waals surface area contributed by atoms with E-state index in [4.69, 9.17) is 21.1 Å². The molecule has 0 aliphatic rings. The highest BCUT2D eigenvalue weighted by Gasteiger charge is 2.15. The lowest BCUT2D eigenvalue weighted by Gasteiger charge is -2.08. The summed E-state index contributed by atoms with van der Waals surface area (Å²) in [5.41, 5.74) is 0.750. The molecule has 0 fully saturated rings. The summed E-state index contributed by atoms with van der Waals surface area (Å²) < 4.78 is 10.4. The molecule has 3 rings (SSSR count). The van der Waals surface area contributed by atoms with Crippen molar-refractivity contribution >= 4 is 23.5 Å². The molecule has 0 unspecified atom stereocenters. The van der Waals surface area contributed by atoms with Crippen molar-refractivity contribution in [3.05, 3.63) is 89.1 Å². The molecule has 0 atom stereocenters. The number of hydrogen-bond acceptors (Lipinski definition) is 5. The summed E-state index contributed by atoms with van der Waals surface area (Å²) in [6.45, 7) is 0. The maximum absolute atomic E-state index is 12.1. The molecule has 0 amide bonds. The molecule has 6 heteroatoms. The lowest BCUT2D eigenvalue weighted by atomic mass is 10.2. The highest BCUT2D eigenvalue weighted by atomic mass is 35.5. The van der Waals surface area contributed by atoms with E-state index in [1.165, 1.54) is 12.3 Å². The number of hydrogen-bond donors (Lipinski definition) is 0. The fraction of sp³-hybridized carbons (Fsp3) is 0. The van der Waals surface area contributed by atoms with Gasteiger partial charge in [0, 0.05) is 6.07 Å². The summed E-state index contributed by atoms with van der Waals surface area (Å²) in [4.78, 5) is 28.1. The number of rotatable bonds is 4. The van der Waals surface area contributed by atoms with Gasteiger partial charge in [0.2, 0.25) is 5.88 Å². The van der Waals surface area contributed by atoms with Crippen molar-refractivity contribution in [2.75, 3.05) is 0 Å². The van der Waals surface area contributed by atoms with Crippen LogP contribution < -0.4 is 9.47 Å². The van der Waals surface area contributed by atoms with Gasteiger partial charge in [-0.05, 0) is 24.3 Å². The fourth-order valence-corrected chi connectivity index (χ4v) is 2.14. The second-order valence-electron chi connectivity index (χ2n) is 4.96. The van der Waals surface area contributed by atoms with Crippen LogP contribution in [0.5, 0.6) is 11.6 Å². The van der Waals surface area contributed by atoms with Gasteiger partial charge < -0.3 is 9.47 Å². The third-order valence-corrected chi connectivity index (χ3v) is 3.50. The first-order valence-electron chi connectivity index (χ1n) is 7.33. The monoisotopic (exact) mass is 353 g/mol. The molecule has 0 saturated heterocycles. The van der Waals surface area contributed by atoms with Gasteiger partial charge in [-0.1, -0.05) is 48.0 Å². The number of carbonyl (C=O) groups is 2. The minimum Gasteiger partial charge on any atom is -0.421 e. The van der Waals surface area contributed by atoms with E-state index in [9.17, 15) is 9.59 Å². The Balaban J connectivity index is 1.76. The van der Waals surface area contributed by atoms with Gasteiger partial charge in [0.1, 0.15) is 5.02 Å². The zero-order chi connectivity index (χ0) is 17.6. The fourth-order valence-electron chi connectivity index (χ4n) is 2.00. The molecular weight excluding hydrogens is 342 g/mol. The molecule has 0 radical (unpaired) electrons. The van der Waals surface area contributed by atoms with Crippen molar-refractivity contribution in [3.63, 3.8) is 0 Å². The van der Waals surface area contributed by atoms with Crippen LogP contribution in [0.15, 0.2) is 72.9 Å². The first kappa shape index (κ1) is 16.7. The Labute approximate surface area is 148 Å². The topological polar surface area (TPSA) is 65.5 Å². The van der Waals surface area contributed by atoms with Crippen LogP contribution >= 0.6 is 11.6 Å². The van der Waals surface area contributed by atoms with Crippen LogP contribution in [0.4, 0.5) is 0 Å². The average molecular weight is 354 g/mol. The van der Waals surface area contributed by atoms with Crippen molar-refractivity contribution in [2.45, 2.75) is 0 Å². The quantitative estimate of drug-likeness (QED) is 0.658. The standard InChI is InChI=1S/C19H12ClNO4/c20-15-12-21-17(25-19(23)14-9-5-2-6-10-14)11-16(15)24-18(22)13-7-3-1-4-8-13/h1-12H. The normalized spacial score (nSPS) is 10.1. The first-order valence-corrected chi connectivity index (χ1v) is 7.71. The van der Waals surface area contributed by atoms with Crippen molar-refractivity contribution < 1.29 is 19.1 Å². The maximum Gasteiger partial charge on any atom is 0.344 e. The van der Waals surface area contributed by atoms with Crippen LogP contribution in [0.2, 0.25) is 5.02 Å². The predicted octanol–water partition coefficient (Wildman–Crippen LogP) is 4.17. The third kappa shape index (κ3) is 4.22. The van der Waals surface area contributed by atoms with Crippen LogP contribution in [0, 0.1) is 0 Å². The zero-order valence-corrected chi connectivity index (χ0v) is 13.6. The molecule has 3 aromatic rings. The summed E-state index contributed by atoms with van der Waals surface area (Å²) >= 11 is 6.00. The van der Waals surface area contributed by atoms with Crippen LogP contribution in [0.3, 0.4) is 0 Å². The number of carbonyl (C=O) groups excluding carboxylic acids is 2. The van der Waals surface area contributed by atoms with Gasteiger partial charge in [-0.25, -0.2) is 14.6 Å². The van der Waals surface area contributed by atoms with Gasteiger partial charge in [0.25, 0.3) is 0 Å². The second-order valence-corrected chi connectivity index (χ2v) is 5.37. The van der Waals surface area contributed by atoms with Gasteiger partial charge in [0.15, 0.2) is 5.75 Å². The number of halogens is 1. The summed E-state index contributed by atoms with van der Waals surface area (Å²) in [6, 6.07) is 18.2. The number of nitrogens with zero attached hydrogens (tertiary/aromatic N) is 1. The first-order chi connectivity index (χ1) is 12.1. The molecule has 0 N–H and O–H groups in total. The second kappa shape index (κ2) is 7.59. The Morgan fingerprint density at radius 2 is 1.32 bits per heavy atom. The van der Waals surface area contributed by atoms with Crippen LogP contribution in [-0.4, -0.2) is 16.9 Å². The molecule has 2 aromatic carbocycles. The van der Waals surface area contributed by atoms with E-state index in [2.05, 4.69) is 4.98 Å². The summed E-state index contributed by atoms with van der Waals surface area (Å²) in [5.74, 6) is -1.11. The molecule has 0 spiro atoms. The van der Waals surface area contributed by atoms with Crippen molar-refractivity contribution in [3.8, 4) is 11.6 Å². The Kier molecular flexibility index (Phi) is 5.06. The van der Waals surface area contributed by atoms with E-state index in [1.54, 1.807) is 60.7 Å². The lowest BCUT2D eigenvalue weighted by Crippen LogP contribution is -2.11. The van der Waals surface area contributed by atoms with Crippen molar-refractivity contribution in [1.82, 2.24) is 4.98 Å². The van der Waals surface area contributed by atoms with Crippen LogP contribution in [-0.2, 0) is 0 Å². The van der Waals surface area contributed by atoms with Gasteiger partial charge in [-0.2, -0.15) is 0 Å². The van der Waals surface area contributed by atoms with E-state index >= 15 is 0 Å². The van der Waals surface area contributed by atoms with E-state index < -0.39 is 11.9 Å². The van der Waals surface area contributed by atoms with E-state index in [-0.39, 0.29) is 16.7 Å². The van der Waals surface area contributed by atoms with Crippen LogP contribution in [0.25, 0.3) is 0 Å². The predicted molar refractivity (Wildman–Crippen MR) is 92.0 cm³/mol. The summed E-state index contributed by atoms with van der Waals surface area (Å²) in [6.07, 6.45) is 1.25. The van der Waals surface area contributed by atoms with E-state index in [1.807, 2.05) is 0 Å². The highest BCUT2D eigenvalue weighted by molar-refractivity contribution is 6.32. The Hall–Kier alpha value is -3.18. The molecule has 25 heavy (non-hydrogen) atoms. The number of pyridine rings is 1. The largest absolute Gasteiger partial charge is 0.421 e. The van der Waals surface area contributed by atoms with E-state index in [0.29, 0.717) is 11.1 Å². The Morgan fingerprint density at radius 3 is 1.88 bits per heavy atom. The van der Waals surface area contributed by atoms with Crippen LogP contribution in [0.1, 0.15) is 20.7 Å². The molecule has 0 aliphatic carbocycles. The van der Waals surface area contributed by atoms with Crippen molar-refractivity contribution in [1.29, 1.82) is 0 Å².